The van der Waals surface area contributed by atoms with Gasteiger partial charge in [-0.3, -0.25) is 0 Å². The summed E-state index contributed by atoms with van der Waals surface area (Å²) in [6.07, 6.45) is 4.18. The third kappa shape index (κ3) is 3.98. The SMILES string of the molecule is C=C1C=C(OC)[C](OC)C(OC)=C1.[Cl-].[Zn]. The molecule has 1 aliphatic rings. The molecule has 0 aromatic heterocycles. The normalized spacial score (nSPS) is 15.5. The second-order valence-electron chi connectivity index (χ2n) is 2.53. The van der Waals surface area contributed by atoms with Gasteiger partial charge in [-0.15, -0.1) is 0 Å². The third-order valence-electron chi connectivity index (χ3n) is 1.72. The average Bonchev–Trinajstić information content (AvgIpc) is 2.16. The van der Waals surface area contributed by atoms with Gasteiger partial charge in [0.05, 0.1) is 14.2 Å². The maximum atomic E-state index is 5.14. The van der Waals surface area contributed by atoms with Gasteiger partial charge < -0.3 is 26.6 Å². The van der Waals surface area contributed by atoms with E-state index in [-0.39, 0.29) is 31.9 Å². The van der Waals surface area contributed by atoms with E-state index < -0.39 is 0 Å². The van der Waals surface area contributed by atoms with E-state index in [2.05, 4.69) is 6.58 Å². The van der Waals surface area contributed by atoms with Crippen molar-refractivity contribution in [3.63, 3.8) is 0 Å². The van der Waals surface area contributed by atoms with E-state index in [0.29, 0.717) is 17.6 Å². The Morgan fingerprint density at radius 2 is 1.33 bits per heavy atom. The molecule has 0 bridgehead atoms. The Hall–Kier alpha value is -0.307. The van der Waals surface area contributed by atoms with Crippen molar-refractivity contribution in [3.05, 3.63) is 41.9 Å². The molecule has 0 aliphatic heterocycles. The Labute approximate surface area is 109 Å². The number of ether oxygens (including phenoxy) is 3. The monoisotopic (exact) mass is 280 g/mol. The average molecular weight is 282 g/mol. The topological polar surface area (TPSA) is 27.7 Å². The van der Waals surface area contributed by atoms with Crippen LogP contribution in [0.1, 0.15) is 0 Å². The second-order valence-corrected chi connectivity index (χ2v) is 2.53. The van der Waals surface area contributed by atoms with E-state index in [1.54, 1.807) is 33.5 Å². The standard InChI is InChI=1S/C10H13O3.ClH.Zn/c1-7-5-8(11-2)10(13-4)9(6-7)12-3;;/h5-6H,1H2,2-4H3;1H;/p-1. The maximum absolute atomic E-state index is 5.14. The summed E-state index contributed by atoms with van der Waals surface area (Å²) in [5.41, 5.74) is 0.828. The smallest absolute Gasteiger partial charge is 0.225 e. The van der Waals surface area contributed by atoms with Crippen LogP contribution in [-0.2, 0) is 33.7 Å². The molecule has 0 N–H and O–H groups in total. The first-order valence-corrected chi connectivity index (χ1v) is 3.85. The van der Waals surface area contributed by atoms with Crippen molar-refractivity contribution in [3.8, 4) is 0 Å². The zero-order valence-electron chi connectivity index (χ0n) is 9.17. The van der Waals surface area contributed by atoms with Crippen molar-refractivity contribution in [2.24, 2.45) is 0 Å². The Balaban J connectivity index is 0. The van der Waals surface area contributed by atoms with Crippen LogP contribution in [0.15, 0.2) is 35.8 Å². The summed E-state index contributed by atoms with van der Waals surface area (Å²) in [4.78, 5) is 0. The van der Waals surface area contributed by atoms with Gasteiger partial charge in [-0.25, -0.2) is 0 Å². The first-order valence-electron chi connectivity index (χ1n) is 3.85. The van der Waals surface area contributed by atoms with E-state index in [0.717, 1.165) is 5.57 Å². The van der Waals surface area contributed by atoms with Gasteiger partial charge in [-0.1, -0.05) is 6.58 Å². The molecule has 0 unspecified atom stereocenters. The van der Waals surface area contributed by atoms with E-state index in [9.17, 15) is 0 Å². The molecule has 0 heterocycles. The zero-order chi connectivity index (χ0) is 9.84. The van der Waals surface area contributed by atoms with Crippen LogP contribution in [0.3, 0.4) is 0 Å². The van der Waals surface area contributed by atoms with Gasteiger partial charge in [0.25, 0.3) is 0 Å². The number of methoxy groups -OCH3 is 3. The Kier molecular flexibility index (Phi) is 9.03. The Bertz CT molecular complexity index is 250. The van der Waals surface area contributed by atoms with Crippen LogP contribution >= 0.6 is 0 Å². The first-order chi connectivity index (χ1) is 6.22. The molecule has 0 aromatic rings. The van der Waals surface area contributed by atoms with E-state index >= 15 is 0 Å². The minimum Gasteiger partial charge on any atom is -1.00 e. The molecular weight excluding hydrogens is 269 g/mol. The summed E-state index contributed by atoms with van der Waals surface area (Å²) in [6, 6.07) is 0. The third-order valence-corrected chi connectivity index (χ3v) is 1.72. The number of allylic oxidation sites excluding steroid dienone is 3. The molecule has 0 saturated heterocycles. The van der Waals surface area contributed by atoms with Crippen molar-refractivity contribution >= 4 is 0 Å². The summed E-state index contributed by atoms with van der Waals surface area (Å²) in [5.74, 6) is 1.26. The summed E-state index contributed by atoms with van der Waals surface area (Å²) < 4.78 is 15.4. The van der Waals surface area contributed by atoms with Crippen LogP contribution in [0.2, 0.25) is 0 Å². The molecule has 1 rings (SSSR count). The molecule has 15 heavy (non-hydrogen) atoms. The fourth-order valence-corrected chi connectivity index (χ4v) is 1.14. The molecule has 0 saturated carbocycles. The van der Waals surface area contributed by atoms with Crippen molar-refractivity contribution < 1.29 is 46.1 Å². The van der Waals surface area contributed by atoms with Gasteiger partial charge in [-0.05, 0) is 17.7 Å². The van der Waals surface area contributed by atoms with E-state index in [1.807, 2.05) is 0 Å². The second kappa shape index (κ2) is 7.92. The molecule has 0 spiro atoms. The van der Waals surface area contributed by atoms with Gasteiger partial charge in [-0.2, -0.15) is 0 Å². The van der Waals surface area contributed by atoms with Gasteiger partial charge in [0.15, 0.2) is 0 Å². The first kappa shape index (κ1) is 17.1. The molecule has 0 atom stereocenters. The molecular formula is C10H13ClO3Zn-. The number of rotatable bonds is 3. The Morgan fingerprint density at radius 1 is 0.933 bits per heavy atom. The van der Waals surface area contributed by atoms with Crippen LogP contribution < -0.4 is 12.4 Å². The molecule has 0 amide bonds. The largest absolute Gasteiger partial charge is 1.00 e. The van der Waals surface area contributed by atoms with Crippen LogP contribution in [-0.4, -0.2) is 21.3 Å². The quantitative estimate of drug-likeness (QED) is 0.608. The van der Waals surface area contributed by atoms with Gasteiger partial charge in [0, 0.05) is 26.6 Å². The fraction of sp³-hybridized carbons (Fsp3) is 0.300. The van der Waals surface area contributed by atoms with Gasteiger partial charge in [0.2, 0.25) is 6.10 Å². The summed E-state index contributed by atoms with van der Waals surface area (Å²) in [7, 11) is 4.73. The summed E-state index contributed by atoms with van der Waals surface area (Å²) >= 11 is 0. The van der Waals surface area contributed by atoms with E-state index in [4.69, 9.17) is 14.2 Å². The van der Waals surface area contributed by atoms with Gasteiger partial charge >= 0.3 is 0 Å². The predicted molar refractivity (Wildman–Crippen MR) is 49.6 cm³/mol. The van der Waals surface area contributed by atoms with Crippen LogP contribution in [0.25, 0.3) is 0 Å². The van der Waals surface area contributed by atoms with Crippen molar-refractivity contribution in [1.29, 1.82) is 0 Å². The number of hydrogen-bond donors (Lipinski definition) is 0. The predicted octanol–water partition coefficient (Wildman–Crippen LogP) is -1.20. The van der Waals surface area contributed by atoms with Crippen LogP contribution in [0, 0.1) is 6.10 Å². The molecule has 3 nitrogen and oxygen atoms in total. The molecule has 1 radical (unpaired) electrons. The Morgan fingerprint density at radius 3 is 1.60 bits per heavy atom. The number of hydrogen-bond acceptors (Lipinski definition) is 3. The maximum Gasteiger partial charge on any atom is 0.225 e. The van der Waals surface area contributed by atoms with Crippen molar-refractivity contribution in [2.75, 3.05) is 21.3 Å². The molecule has 5 heteroatoms. The molecule has 81 valence electrons. The van der Waals surface area contributed by atoms with Crippen LogP contribution in [0.4, 0.5) is 0 Å². The summed E-state index contributed by atoms with van der Waals surface area (Å²) in [5, 5.41) is 0. The molecule has 0 fully saturated rings. The minimum atomic E-state index is 0. The van der Waals surface area contributed by atoms with Gasteiger partial charge in [0.1, 0.15) is 11.5 Å². The van der Waals surface area contributed by atoms with Crippen molar-refractivity contribution in [2.45, 2.75) is 0 Å². The van der Waals surface area contributed by atoms with Crippen LogP contribution in [0.5, 0.6) is 0 Å². The summed E-state index contributed by atoms with van der Waals surface area (Å²) in [6.45, 7) is 3.80. The zero-order valence-corrected chi connectivity index (χ0v) is 12.9. The fourth-order valence-electron chi connectivity index (χ4n) is 1.14. The molecule has 0 aromatic carbocycles. The van der Waals surface area contributed by atoms with Crippen molar-refractivity contribution in [1.82, 2.24) is 0 Å². The van der Waals surface area contributed by atoms with E-state index in [1.165, 1.54) is 0 Å². The number of halogens is 1. The minimum absolute atomic E-state index is 0. The molecule has 1 aliphatic carbocycles.